The highest BCUT2D eigenvalue weighted by Crippen LogP contribution is 2.16. The first kappa shape index (κ1) is 20.8. The number of rotatable bonds is 4. The molecule has 1 heterocycles. The van der Waals surface area contributed by atoms with E-state index in [2.05, 4.69) is 36.7 Å². The van der Waals surface area contributed by atoms with Crippen LogP contribution in [0, 0.1) is 20.8 Å². The average molecular weight is 454 g/mol. The summed E-state index contributed by atoms with van der Waals surface area (Å²) in [6, 6.07) is 15.1. The molecule has 2 N–H and O–H groups in total. The molecule has 0 unspecified atom stereocenters. The van der Waals surface area contributed by atoms with Crippen molar-refractivity contribution in [2.24, 2.45) is 12.0 Å². The largest absolute Gasteiger partial charge is 0.326 e. The molecule has 29 heavy (non-hydrogen) atoms. The van der Waals surface area contributed by atoms with Gasteiger partial charge in [-0.2, -0.15) is 5.10 Å². The highest BCUT2D eigenvalue weighted by Gasteiger charge is 2.12. The number of carbonyl (C=O) groups is 1. The molecule has 0 spiro atoms. The Morgan fingerprint density at radius 1 is 1.07 bits per heavy atom. The van der Waals surface area contributed by atoms with Crippen molar-refractivity contribution in [1.82, 2.24) is 15.1 Å². The van der Waals surface area contributed by atoms with Gasteiger partial charge >= 0.3 is 0 Å². The van der Waals surface area contributed by atoms with E-state index in [9.17, 15) is 4.79 Å². The Bertz CT molecular complexity index is 1040. The molecule has 0 aliphatic heterocycles. The Morgan fingerprint density at radius 2 is 1.72 bits per heavy atom. The van der Waals surface area contributed by atoms with Crippen LogP contribution in [0.2, 0.25) is 0 Å². The van der Waals surface area contributed by atoms with Gasteiger partial charge in [0.15, 0.2) is 0 Å². The molecular formula is C22H24BrN5O. The zero-order chi connectivity index (χ0) is 21.0. The number of nitrogens with one attached hydrogen (secondary N) is 2. The molecule has 0 saturated carbocycles. The van der Waals surface area contributed by atoms with Crippen molar-refractivity contribution in [2.45, 2.75) is 27.3 Å². The standard InChI is InChI=1S/C22H24BrN5O/c1-14-5-7-17(8-6-14)21(29)26-22(25-19-11-9-18(23)10-12-19)24-13-20-15(2)27-28(4)16(20)3/h5-12H,13H2,1-4H3,(H2,24,25,26,29). The van der Waals surface area contributed by atoms with Gasteiger partial charge in [-0.1, -0.05) is 33.6 Å². The molecule has 150 valence electrons. The molecular weight excluding hydrogens is 430 g/mol. The lowest BCUT2D eigenvalue weighted by molar-refractivity contribution is 0.0977. The lowest BCUT2D eigenvalue weighted by atomic mass is 10.1. The average Bonchev–Trinajstić information content (AvgIpc) is 2.93. The predicted octanol–water partition coefficient (Wildman–Crippen LogP) is 4.51. The maximum atomic E-state index is 12.7. The maximum absolute atomic E-state index is 12.7. The highest BCUT2D eigenvalue weighted by atomic mass is 79.9. The lowest BCUT2D eigenvalue weighted by Gasteiger charge is -2.12. The molecule has 6 nitrogen and oxygen atoms in total. The number of benzene rings is 2. The highest BCUT2D eigenvalue weighted by molar-refractivity contribution is 9.10. The SMILES string of the molecule is Cc1ccc(C(=O)NC(=NCc2c(C)nn(C)c2C)Nc2ccc(Br)cc2)cc1. The van der Waals surface area contributed by atoms with Crippen molar-refractivity contribution in [1.29, 1.82) is 0 Å². The summed E-state index contributed by atoms with van der Waals surface area (Å²) in [5.74, 6) is 0.175. The summed E-state index contributed by atoms with van der Waals surface area (Å²) in [4.78, 5) is 17.3. The molecule has 3 aromatic rings. The van der Waals surface area contributed by atoms with Crippen LogP contribution in [0.4, 0.5) is 5.69 Å². The minimum absolute atomic E-state index is 0.215. The van der Waals surface area contributed by atoms with Gasteiger partial charge in [-0.05, 0) is 57.2 Å². The fourth-order valence-electron chi connectivity index (χ4n) is 2.87. The Kier molecular flexibility index (Phi) is 6.49. The Labute approximate surface area is 179 Å². The zero-order valence-corrected chi connectivity index (χ0v) is 18.5. The number of aliphatic imine (C=N–C) groups is 1. The number of anilines is 1. The van der Waals surface area contributed by atoms with Crippen LogP contribution in [-0.4, -0.2) is 21.6 Å². The van der Waals surface area contributed by atoms with E-state index in [-0.39, 0.29) is 5.91 Å². The van der Waals surface area contributed by atoms with Gasteiger partial charge in [-0.25, -0.2) is 4.99 Å². The molecule has 3 rings (SSSR count). The van der Waals surface area contributed by atoms with E-state index in [1.54, 1.807) is 12.1 Å². The van der Waals surface area contributed by atoms with Crippen molar-refractivity contribution in [3.05, 3.63) is 81.1 Å². The van der Waals surface area contributed by atoms with E-state index in [0.29, 0.717) is 18.1 Å². The number of carbonyl (C=O) groups excluding carboxylic acids is 1. The van der Waals surface area contributed by atoms with E-state index in [1.165, 1.54) is 0 Å². The van der Waals surface area contributed by atoms with Gasteiger partial charge in [0.25, 0.3) is 5.91 Å². The number of aromatic nitrogens is 2. The summed E-state index contributed by atoms with van der Waals surface area (Å²) in [5, 5.41) is 10.5. The smallest absolute Gasteiger partial charge is 0.257 e. The number of aryl methyl sites for hydroxylation is 3. The van der Waals surface area contributed by atoms with Gasteiger partial charge in [-0.3, -0.25) is 14.8 Å². The van der Waals surface area contributed by atoms with Gasteiger partial charge < -0.3 is 5.32 Å². The Morgan fingerprint density at radius 3 is 2.31 bits per heavy atom. The molecule has 0 atom stereocenters. The van der Waals surface area contributed by atoms with Crippen LogP contribution in [-0.2, 0) is 13.6 Å². The molecule has 0 fully saturated rings. The number of amides is 1. The summed E-state index contributed by atoms with van der Waals surface area (Å²) >= 11 is 3.43. The normalized spacial score (nSPS) is 11.4. The van der Waals surface area contributed by atoms with Crippen LogP contribution in [0.25, 0.3) is 0 Å². The molecule has 0 saturated heterocycles. The molecule has 0 aliphatic rings. The minimum atomic E-state index is -0.215. The molecule has 1 aromatic heterocycles. The second-order valence-corrected chi connectivity index (χ2v) is 7.81. The molecule has 1 amide bonds. The van der Waals surface area contributed by atoms with Crippen molar-refractivity contribution < 1.29 is 4.79 Å². The van der Waals surface area contributed by atoms with Crippen molar-refractivity contribution >= 4 is 33.5 Å². The Hall–Kier alpha value is -2.93. The van der Waals surface area contributed by atoms with Crippen LogP contribution in [0.5, 0.6) is 0 Å². The Balaban J connectivity index is 1.84. The van der Waals surface area contributed by atoms with E-state index in [0.717, 1.165) is 32.7 Å². The van der Waals surface area contributed by atoms with Gasteiger partial charge in [0.1, 0.15) is 0 Å². The van der Waals surface area contributed by atoms with Crippen molar-refractivity contribution in [3.8, 4) is 0 Å². The van der Waals surface area contributed by atoms with E-state index < -0.39 is 0 Å². The summed E-state index contributed by atoms with van der Waals surface area (Å²) in [6.45, 7) is 6.38. The monoisotopic (exact) mass is 453 g/mol. The fourth-order valence-corrected chi connectivity index (χ4v) is 3.13. The molecule has 0 radical (unpaired) electrons. The first-order valence-corrected chi connectivity index (χ1v) is 10.1. The molecule has 2 aromatic carbocycles. The topological polar surface area (TPSA) is 71.3 Å². The van der Waals surface area contributed by atoms with Crippen LogP contribution >= 0.6 is 15.9 Å². The quantitative estimate of drug-likeness (QED) is 0.450. The summed E-state index contributed by atoms with van der Waals surface area (Å²) in [7, 11) is 1.91. The molecule has 0 aliphatic carbocycles. The number of guanidine groups is 1. The first-order chi connectivity index (χ1) is 13.8. The number of halogens is 1. The van der Waals surface area contributed by atoms with E-state index in [1.807, 2.05) is 68.9 Å². The summed E-state index contributed by atoms with van der Waals surface area (Å²) in [6.07, 6.45) is 0. The van der Waals surface area contributed by atoms with E-state index >= 15 is 0 Å². The summed E-state index contributed by atoms with van der Waals surface area (Å²) in [5.41, 5.74) is 5.55. The second-order valence-electron chi connectivity index (χ2n) is 6.89. The van der Waals surface area contributed by atoms with Crippen LogP contribution in [0.3, 0.4) is 0 Å². The van der Waals surface area contributed by atoms with Gasteiger partial charge in [0.2, 0.25) is 5.96 Å². The molecule has 7 heteroatoms. The van der Waals surface area contributed by atoms with Gasteiger partial charge in [0.05, 0.1) is 12.2 Å². The van der Waals surface area contributed by atoms with Crippen LogP contribution < -0.4 is 10.6 Å². The molecule has 0 bridgehead atoms. The zero-order valence-electron chi connectivity index (χ0n) is 17.0. The fraction of sp³-hybridized carbons (Fsp3) is 0.227. The van der Waals surface area contributed by atoms with Crippen molar-refractivity contribution in [2.75, 3.05) is 5.32 Å². The predicted molar refractivity (Wildman–Crippen MR) is 120 cm³/mol. The van der Waals surface area contributed by atoms with Gasteiger partial charge in [-0.15, -0.1) is 0 Å². The maximum Gasteiger partial charge on any atom is 0.257 e. The van der Waals surface area contributed by atoms with Crippen LogP contribution in [0.15, 0.2) is 58.0 Å². The first-order valence-electron chi connectivity index (χ1n) is 9.27. The lowest BCUT2D eigenvalue weighted by Crippen LogP contribution is -2.36. The number of hydrogen-bond acceptors (Lipinski definition) is 3. The number of hydrogen-bond donors (Lipinski definition) is 2. The van der Waals surface area contributed by atoms with Gasteiger partial charge in [0, 0.05) is 34.0 Å². The van der Waals surface area contributed by atoms with E-state index in [4.69, 9.17) is 0 Å². The third-order valence-corrected chi connectivity index (χ3v) is 5.24. The minimum Gasteiger partial charge on any atom is -0.326 e. The number of nitrogens with zero attached hydrogens (tertiary/aromatic N) is 3. The summed E-state index contributed by atoms with van der Waals surface area (Å²) < 4.78 is 2.82. The van der Waals surface area contributed by atoms with Crippen molar-refractivity contribution in [3.63, 3.8) is 0 Å². The second kappa shape index (κ2) is 9.05. The third-order valence-electron chi connectivity index (χ3n) is 4.71. The van der Waals surface area contributed by atoms with Crippen LogP contribution in [0.1, 0.15) is 32.9 Å². The third kappa shape index (κ3) is 5.32.